The summed E-state index contributed by atoms with van der Waals surface area (Å²) >= 11 is 0. The highest BCUT2D eigenvalue weighted by atomic mass is 14.9. The van der Waals surface area contributed by atoms with Gasteiger partial charge in [-0.3, -0.25) is 0 Å². The van der Waals surface area contributed by atoms with Gasteiger partial charge in [-0.2, -0.15) is 0 Å². The molecular weight excluding hydrogens is 230 g/mol. The molecule has 19 heavy (non-hydrogen) atoms. The van der Waals surface area contributed by atoms with E-state index in [1.165, 1.54) is 53.6 Å². The molecule has 0 amide bonds. The number of nitrogens with one attached hydrogen (secondary N) is 1. The summed E-state index contributed by atoms with van der Waals surface area (Å²) in [6.45, 7) is 3.33. The number of anilines is 1. The van der Waals surface area contributed by atoms with Gasteiger partial charge in [0.2, 0.25) is 0 Å². The molecule has 1 aliphatic rings. The zero-order valence-electron chi connectivity index (χ0n) is 11.6. The molecule has 1 aliphatic heterocycles. The van der Waals surface area contributed by atoms with Crippen molar-refractivity contribution in [1.82, 2.24) is 0 Å². The molecule has 1 heteroatoms. The van der Waals surface area contributed by atoms with Crippen LogP contribution in [0.3, 0.4) is 0 Å². The highest BCUT2D eigenvalue weighted by Gasteiger charge is 2.13. The molecule has 98 valence electrons. The Hall–Kier alpha value is -1.76. The highest BCUT2D eigenvalue weighted by Crippen LogP contribution is 2.32. The zero-order valence-corrected chi connectivity index (χ0v) is 11.6. The lowest BCUT2D eigenvalue weighted by Crippen LogP contribution is -2.12. The highest BCUT2D eigenvalue weighted by molar-refractivity contribution is 5.74. The Morgan fingerprint density at radius 2 is 1.89 bits per heavy atom. The molecule has 1 N–H and O–H groups in total. The Labute approximate surface area is 115 Å². The molecule has 0 saturated carbocycles. The van der Waals surface area contributed by atoms with Crippen molar-refractivity contribution in [3.8, 4) is 11.1 Å². The molecule has 1 nitrogen and oxygen atoms in total. The summed E-state index contributed by atoms with van der Waals surface area (Å²) in [5.41, 5.74) is 6.99. The van der Waals surface area contributed by atoms with E-state index in [1.807, 2.05) is 0 Å². The molecule has 0 radical (unpaired) electrons. The summed E-state index contributed by atoms with van der Waals surface area (Å²) in [7, 11) is 0. The lowest BCUT2D eigenvalue weighted by Gasteiger charge is -2.21. The minimum Gasteiger partial charge on any atom is -0.385 e. The van der Waals surface area contributed by atoms with E-state index in [0.717, 1.165) is 6.54 Å². The van der Waals surface area contributed by atoms with Gasteiger partial charge in [-0.1, -0.05) is 49.7 Å². The minimum absolute atomic E-state index is 1.10. The van der Waals surface area contributed by atoms with Crippen LogP contribution in [0.5, 0.6) is 0 Å². The fraction of sp³-hybridized carbons (Fsp3) is 0.333. The van der Waals surface area contributed by atoms with Crippen LogP contribution in [0.2, 0.25) is 0 Å². The van der Waals surface area contributed by atoms with E-state index in [0.29, 0.717) is 0 Å². The number of hydrogen-bond donors (Lipinski definition) is 1. The molecule has 0 fully saturated rings. The van der Waals surface area contributed by atoms with Crippen LogP contribution in [-0.2, 0) is 12.8 Å². The van der Waals surface area contributed by atoms with Crippen LogP contribution in [0.15, 0.2) is 42.5 Å². The lowest BCUT2D eigenvalue weighted by atomic mass is 9.92. The van der Waals surface area contributed by atoms with Crippen molar-refractivity contribution in [2.75, 3.05) is 11.9 Å². The summed E-state index contributed by atoms with van der Waals surface area (Å²) in [5.74, 6) is 0. The Morgan fingerprint density at radius 1 is 1.05 bits per heavy atom. The van der Waals surface area contributed by atoms with Gasteiger partial charge < -0.3 is 5.32 Å². The van der Waals surface area contributed by atoms with Gasteiger partial charge in [0.1, 0.15) is 0 Å². The van der Waals surface area contributed by atoms with Gasteiger partial charge >= 0.3 is 0 Å². The number of aryl methyl sites for hydroxylation is 1. The average molecular weight is 251 g/mol. The molecule has 2 aromatic carbocycles. The van der Waals surface area contributed by atoms with Crippen LogP contribution in [0.1, 0.15) is 30.9 Å². The van der Waals surface area contributed by atoms with Gasteiger partial charge in [0.05, 0.1) is 0 Å². The summed E-state index contributed by atoms with van der Waals surface area (Å²) in [5, 5.41) is 3.50. The van der Waals surface area contributed by atoms with Crippen molar-refractivity contribution >= 4 is 5.69 Å². The van der Waals surface area contributed by atoms with Gasteiger partial charge in [0.25, 0.3) is 0 Å². The first-order chi connectivity index (χ1) is 9.38. The van der Waals surface area contributed by atoms with E-state index < -0.39 is 0 Å². The average Bonchev–Trinajstić information content (AvgIpc) is 2.48. The number of benzene rings is 2. The predicted octanol–water partition coefficient (Wildman–Crippen LogP) is 4.66. The van der Waals surface area contributed by atoms with E-state index >= 15 is 0 Å². The topological polar surface area (TPSA) is 12.0 Å². The summed E-state index contributed by atoms with van der Waals surface area (Å²) in [6, 6.07) is 15.7. The van der Waals surface area contributed by atoms with E-state index in [2.05, 4.69) is 54.7 Å². The molecule has 0 unspecified atom stereocenters. The molecule has 1 heterocycles. The SMILES string of the molecule is CCCc1ccc(-c2cccc3c2CCCN3)cc1. The molecule has 0 atom stereocenters. The first-order valence-electron chi connectivity index (χ1n) is 7.33. The number of fused-ring (bicyclic) bond motifs is 1. The van der Waals surface area contributed by atoms with E-state index in [1.54, 1.807) is 0 Å². The van der Waals surface area contributed by atoms with Crippen molar-refractivity contribution < 1.29 is 0 Å². The van der Waals surface area contributed by atoms with Crippen LogP contribution in [0.4, 0.5) is 5.69 Å². The first-order valence-corrected chi connectivity index (χ1v) is 7.33. The third-order valence-electron chi connectivity index (χ3n) is 3.90. The third kappa shape index (κ3) is 2.51. The second-order valence-corrected chi connectivity index (χ2v) is 5.31. The molecular formula is C18H21N. The summed E-state index contributed by atoms with van der Waals surface area (Å²) < 4.78 is 0. The quantitative estimate of drug-likeness (QED) is 0.836. The summed E-state index contributed by atoms with van der Waals surface area (Å²) in [4.78, 5) is 0. The zero-order chi connectivity index (χ0) is 13.1. The fourth-order valence-electron chi connectivity index (χ4n) is 2.92. The monoisotopic (exact) mass is 251 g/mol. The molecule has 0 aromatic heterocycles. The fourth-order valence-corrected chi connectivity index (χ4v) is 2.92. The molecule has 2 aromatic rings. The molecule has 0 bridgehead atoms. The number of rotatable bonds is 3. The van der Waals surface area contributed by atoms with Crippen LogP contribution in [0.25, 0.3) is 11.1 Å². The Bertz CT molecular complexity index is 554. The van der Waals surface area contributed by atoms with Crippen molar-refractivity contribution in [3.63, 3.8) is 0 Å². The van der Waals surface area contributed by atoms with Gasteiger partial charge in [-0.15, -0.1) is 0 Å². The van der Waals surface area contributed by atoms with E-state index in [4.69, 9.17) is 0 Å². The van der Waals surface area contributed by atoms with Crippen molar-refractivity contribution in [1.29, 1.82) is 0 Å². The maximum atomic E-state index is 3.50. The smallest absolute Gasteiger partial charge is 0.0378 e. The van der Waals surface area contributed by atoms with Crippen LogP contribution >= 0.6 is 0 Å². The van der Waals surface area contributed by atoms with Gasteiger partial charge in [-0.05, 0) is 47.6 Å². The van der Waals surface area contributed by atoms with E-state index in [-0.39, 0.29) is 0 Å². The van der Waals surface area contributed by atoms with Gasteiger partial charge in [0.15, 0.2) is 0 Å². The first kappa shape index (κ1) is 12.3. The molecule has 0 saturated heterocycles. The van der Waals surface area contributed by atoms with E-state index in [9.17, 15) is 0 Å². The molecule has 0 aliphatic carbocycles. The standard InChI is InChI=1S/C18H21N/c1-2-5-14-9-11-15(12-10-14)16-6-3-8-18-17(16)7-4-13-19-18/h3,6,8-12,19H,2,4-5,7,13H2,1H3. The molecule has 3 rings (SSSR count). The minimum atomic E-state index is 1.10. The Kier molecular flexibility index (Phi) is 3.54. The van der Waals surface area contributed by atoms with Crippen molar-refractivity contribution in [2.24, 2.45) is 0 Å². The number of hydrogen-bond acceptors (Lipinski definition) is 1. The second kappa shape index (κ2) is 5.48. The van der Waals surface area contributed by atoms with Crippen LogP contribution in [-0.4, -0.2) is 6.54 Å². The second-order valence-electron chi connectivity index (χ2n) is 5.31. The largest absolute Gasteiger partial charge is 0.385 e. The summed E-state index contributed by atoms with van der Waals surface area (Å²) in [6.07, 6.45) is 4.81. The lowest BCUT2D eigenvalue weighted by molar-refractivity contribution is 0.832. The Balaban J connectivity index is 1.97. The maximum absolute atomic E-state index is 3.50. The van der Waals surface area contributed by atoms with Crippen LogP contribution < -0.4 is 5.32 Å². The van der Waals surface area contributed by atoms with Crippen molar-refractivity contribution in [3.05, 3.63) is 53.6 Å². The molecule has 0 spiro atoms. The maximum Gasteiger partial charge on any atom is 0.0378 e. The van der Waals surface area contributed by atoms with Crippen molar-refractivity contribution in [2.45, 2.75) is 32.6 Å². The normalized spacial score (nSPS) is 13.7. The predicted molar refractivity (Wildman–Crippen MR) is 82.7 cm³/mol. The van der Waals surface area contributed by atoms with Gasteiger partial charge in [-0.25, -0.2) is 0 Å². The third-order valence-corrected chi connectivity index (χ3v) is 3.90. The van der Waals surface area contributed by atoms with Gasteiger partial charge in [0, 0.05) is 12.2 Å². The Morgan fingerprint density at radius 3 is 2.68 bits per heavy atom. The van der Waals surface area contributed by atoms with Crippen LogP contribution in [0, 0.1) is 0 Å².